The molecule has 23 heavy (non-hydrogen) atoms. The Bertz CT molecular complexity index is 839. The number of carbonyl (C=O) groups is 1. The zero-order valence-corrected chi connectivity index (χ0v) is 12.5. The highest BCUT2D eigenvalue weighted by Gasteiger charge is 2.16. The highest BCUT2D eigenvalue weighted by Crippen LogP contribution is 2.17. The van der Waals surface area contributed by atoms with Gasteiger partial charge in [0.2, 0.25) is 5.82 Å². The van der Waals surface area contributed by atoms with Crippen molar-refractivity contribution in [1.29, 1.82) is 0 Å². The smallest absolute Gasteiger partial charge is 0.342 e. The van der Waals surface area contributed by atoms with E-state index in [1.165, 1.54) is 30.5 Å². The molecule has 0 fully saturated rings. The van der Waals surface area contributed by atoms with Crippen LogP contribution in [0.5, 0.6) is 0 Å². The predicted octanol–water partition coefficient (Wildman–Crippen LogP) is 2.27. The minimum absolute atomic E-state index is 0.127. The first-order valence-electron chi connectivity index (χ1n) is 6.79. The summed E-state index contributed by atoms with van der Waals surface area (Å²) in [6.45, 7) is 1.64. The number of carbonyl (C=O) groups excluding carboxylic acids is 1. The van der Waals surface area contributed by atoms with Crippen LogP contribution in [-0.4, -0.2) is 25.9 Å². The van der Waals surface area contributed by atoms with Crippen LogP contribution in [0.1, 0.15) is 21.9 Å². The molecule has 0 atom stereocenters. The largest absolute Gasteiger partial charge is 0.454 e. The van der Waals surface area contributed by atoms with Crippen molar-refractivity contribution in [3.63, 3.8) is 0 Å². The lowest BCUT2D eigenvalue weighted by molar-refractivity contribution is 0.0458. The number of aromatic nitrogens is 4. The molecule has 7 nitrogen and oxygen atoms in total. The molecular weight excluding hydrogens is 303 g/mol. The summed E-state index contributed by atoms with van der Waals surface area (Å²) in [5.74, 6) is -0.411. The lowest BCUT2D eigenvalue weighted by Gasteiger charge is -2.01. The summed E-state index contributed by atoms with van der Waals surface area (Å²) in [5, 5.41) is 7.71. The van der Waals surface area contributed by atoms with Crippen molar-refractivity contribution >= 4 is 5.97 Å². The van der Waals surface area contributed by atoms with Gasteiger partial charge in [0, 0.05) is 18.3 Å². The van der Waals surface area contributed by atoms with Gasteiger partial charge in [-0.3, -0.25) is 4.68 Å². The van der Waals surface area contributed by atoms with Gasteiger partial charge in [0.25, 0.3) is 5.89 Å². The fourth-order valence-electron chi connectivity index (χ4n) is 1.93. The fourth-order valence-corrected chi connectivity index (χ4v) is 1.93. The fraction of sp³-hybridized carbons (Fsp3) is 0.200. The average molecular weight is 316 g/mol. The molecule has 3 aromatic rings. The molecule has 0 saturated carbocycles. The number of benzene rings is 1. The Balaban J connectivity index is 1.66. The number of hydrogen-bond acceptors (Lipinski definition) is 6. The Kier molecular flexibility index (Phi) is 3.88. The molecule has 1 aromatic carbocycles. The molecule has 2 heterocycles. The van der Waals surface area contributed by atoms with Crippen LogP contribution in [0, 0.1) is 12.7 Å². The number of halogens is 1. The van der Waals surface area contributed by atoms with E-state index in [1.807, 2.05) is 0 Å². The molecule has 0 N–H and O–H groups in total. The third kappa shape index (κ3) is 3.10. The molecule has 2 aromatic heterocycles. The van der Waals surface area contributed by atoms with E-state index in [9.17, 15) is 9.18 Å². The SMILES string of the molecule is Cc1c(C(=O)OCc2noc(-c3ccc(F)cc3)n2)cnn1C. The highest BCUT2D eigenvalue weighted by molar-refractivity contribution is 5.90. The molecule has 8 heteroatoms. The summed E-state index contributed by atoms with van der Waals surface area (Å²) in [6, 6.07) is 5.64. The molecule has 0 unspecified atom stereocenters. The van der Waals surface area contributed by atoms with Gasteiger partial charge in [-0.2, -0.15) is 10.1 Å². The van der Waals surface area contributed by atoms with Gasteiger partial charge in [0.1, 0.15) is 11.4 Å². The first kappa shape index (κ1) is 14.9. The van der Waals surface area contributed by atoms with Crippen LogP contribution in [-0.2, 0) is 18.4 Å². The van der Waals surface area contributed by atoms with E-state index in [2.05, 4.69) is 15.2 Å². The van der Waals surface area contributed by atoms with Crippen LogP contribution in [0.2, 0.25) is 0 Å². The Hall–Kier alpha value is -3.03. The van der Waals surface area contributed by atoms with Gasteiger partial charge in [-0.1, -0.05) is 5.16 Å². The maximum atomic E-state index is 12.9. The quantitative estimate of drug-likeness (QED) is 0.687. The van der Waals surface area contributed by atoms with E-state index >= 15 is 0 Å². The maximum absolute atomic E-state index is 12.9. The molecule has 0 aliphatic carbocycles. The Morgan fingerprint density at radius 2 is 2.09 bits per heavy atom. The van der Waals surface area contributed by atoms with Gasteiger partial charge >= 0.3 is 5.97 Å². The van der Waals surface area contributed by atoms with Gasteiger partial charge in [0.05, 0.1) is 6.20 Å². The second-order valence-electron chi connectivity index (χ2n) is 4.87. The molecule has 118 valence electrons. The van der Waals surface area contributed by atoms with Crippen LogP contribution < -0.4 is 0 Å². The minimum Gasteiger partial charge on any atom is -0.454 e. The van der Waals surface area contributed by atoms with Gasteiger partial charge in [-0.15, -0.1) is 0 Å². The van der Waals surface area contributed by atoms with Gasteiger partial charge in [-0.25, -0.2) is 9.18 Å². The number of ether oxygens (including phenoxy) is 1. The average Bonchev–Trinajstić information content (AvgIpc) is 3.14. The van der Waals surface area contributed by atoms with E-state index in [1.54, 1.807) is 18.7 Å². The molecule has 0 spiro atoms. The molecular formula is C15H13FN4O3. The molecule has 3 rings (SSSR count). The molecule has 0 bridgehead atoms. The summed E-state index contributed by atoms with van der Waals surface area (Å²) in [6.07, 6.45) is 1.44. The summed E-state index contributed by atoms with van der Waals surface area (Å²) in [4.78, 5) is 16.1. The van der Waals surface area contributed by atoms with Crippen molar-refractivity contribution in [3.05, 3.63) is 53.4 Å². The standard InChI is InChI=1S/C15H13FN4O3/c1-9-12(7-17-20(9)2)15(21)22-8-13-18-14(23-19-13)10-3-5-11(16)6-4-10/h3-7H,8H2,1-2H3. The summed E-state index contributed by atoms with van der Waals surface area (Å²) < 4.78 is 24.7. The second kappa shape index (κ2) is 5.99. The number of hydrogen-bond donors (Lipinski definition) is 0. The Morgan fingerprint density at radius 1 is 1.35 bits per heavy atom. The minimum atomic E-state index is -0.510. The predicted molar refractivity (Wildman–Crippen MR) is 76.8 cm³/mol. The van der Waals surface area contributed by atoms with Crippen LogP contribution >= 0.6 is 0 Å². The summed E-state index contributed by atoms with van der Waals surface area (Å²) in [5.41, 5.74) is 1.67. The Morgan fingerprint density at radius 3 is 2.74 bits per heavy atom. The van der Waals surface area contributed by atoms with Crippen molar-refractivity contribution in [2.75, 3.05) is 0 Å². The van der Waals surface area contributed by atoms with E-state index in [4.69, 9.17) is 9.26 Å². The molecule has 0 saturated heterocycles. The van der Waals surface area contributed by atoms with Gasteiger partial charge in [-0.05, 0) is 31.2 Å². The molecule has 0 amide bonds. The first-order chi connectivity index (χ1) is 11.0. The van der Waals surface area contributed by atoms with Crippen LogP contribution in [0.4, 0.5) is 4.39 Å². The first-order valence-corrected chi connectivity index (χ1v) is 6.79. The van der Waals surface area contributed by atoms with Crippen molar-refractivity contribution < 1.29 is 18.4 Å². The van der Waals surface area contributed by atoms with Gasteiger partial charge in [0.15, 0.2) is 6.61 Å². The van der Waals surface area contributed by atoms with E-state index in [0.29, 0.717) is 16.8 Å². The van der Waals surface area contributed by atoms with Crippen molar-refractivity contribution in [2.24, 2.45) is 7.05 Å². The highest BCUT2D eigenvalue weighted by atomic mass is 19.1. The number of esters is 1. The second-order valence-corrected chi connectivity index (χ2v) is 4.87. The zero-order chi connectivity index (χ0) is 16.4. The molecule has 0 aliphatic heterocycles. The maximum Gasteiger partial charge on any atom is 0.342 e. The number of nitrogens with zero attached hydrogens (tertiary/aromatic N) is 4. The van der Waals surface area contributed by atoms with E-state index in [-0.39, 0.29) is 24.1 Å². The molecule has 0 aliphatic rings. The van der Waals surface area contributed by atoms with Crippen molar-refractivity contribution in [3.8, 4) is 11.5 Å². The topological polar surface area (TPSA) is 83.0 Å². The lowest BCUT2D eigenvalue weighted by atomic mass is 10.2. The Labute approximate surface area is 130 Å². The van der Waals surface area contributed by atoms with Crippen LogP contribution in [0.15, 0.2) is 35.0 Å². The normalized spacial score (nSPS) is 10.7. The number of aryl methyl sites for hydroxylation is 1. The summed E-state index contributed by atoms with van der Waals surface area (Å²) in [7, 11) is 1.74. The van der Waals surface area contributed by atoms with E-state index < -0.39 is 5.97 Å². The lowest BCUT2D eigenvalue weighted by Crippen LogP contribution is -2.07. The third-order valence-electron chi connectivity index (χ3n) is 3.35. The number of rotatable bonds is 4. The van der Waals surface area contributed by atoms with Crippen LogP contribution in [0.3, 0.4) is 0 Å². The zero-order valence-electron chi connectivity index (χ0n) is 12.5. The third-order valence-corrected chi connectivity index (χ3v) is 3.35. The molecule has 0 radical (unpaired) electrons. The summed E-state index contributed by atoms with van der Waals surface area (Å²) >= 11 is 0. The van der Waals surface area contributed by atoms with Crippen molar-refractivity contribution in [2.45, 2.75) is 13.5 Å². The van der Waals surface area contributed by atoms with E-state index in [0.717, 1.165) is 0 Å². The van der Waals surface area contributed by atoms with Gasteiger partial charge < -0.3 is 9.26 Å². The monoisotopic (exact) mass is 316 g/mol. The van der Waals surface area contributed by atoms with Crippen molar-refractivity contribution in [1.82, 2.24) is 19.9 Å². The van der Waals surface area contributed by atoms with Crippen LogP contribution in [0.25, 0.3) is 11.5 Å².